The number of methoxy groups -OCH3 is 1. The summed E-state index contributed by atoms with van der Waals surface area (Å²) in [6, 6.07) is 5.27. The van der Waals surface area contributed by atoms with Gasteiger partial charge in [-0.05, 0) is 61.6 Å². The number of halogens is 1. The van der Waals surface area contributed by atoms with Crippen molar-refractivity contribution in [3.63, 3.8) is 0 Å². The highest BCUT2D eigenvalue weighted by Crippen LogP contribution is 2.21. The number of hydrogen-bond donors (Lipinski definition) is 0. The molecular weight excluding hydrogens is 319 g/mol. The number of rotatable bonds is 2. The van der Waals surface area contributed by atoms with Crippen LogP contribution in [-0.2, 0) is 4.74 Å². The standard InChI is InChI=1S/C12H15IO3/c1-12(2,3)16-11(14)9-6-5-8(15-4)7-10(9)13/h5-7H,1-4H3. The van der Waals surface area contributed by atoms with E-state index in [4.69, 9.17) is 9.47 Å². The topological polar surface area (TPSA) is 35.5 Å². The summed E-state index contributed by atoms with van der Waals surface area (Å²) in [5, 5.41) is 0. The van der Waals surface area contributed by atoms with Gasteiger partial charge in [-0.3, -0.25) is 0 Å². The van der Waals surface area contributed by atoms with Crippen LogP contribution in [0.3, 0.4) is 0 Å². The van der Waals surface area contributed by atoms with Crippen LogP contribution in [0.25, 0.3) is 0 Å². The third kappa shape index (κ3) is 3.66. The molecule has 0 aliphatic heterocycles. The first kappa shape index (κ1) is 13.3. The highest BCUT2D eigenvalue weighted by Gasteiger charge is 2.19. The Morgan fingerprint density at radius 3 is 2.38 bits per heavy atom. The Bertz CT molecular complexity index is 394. The maximum atomic E-state index is 11.8. The van der Waals surface area contributed by atoms with Gasteiger partial charge in [0.25, 0.3) is 0 Å². The van der Waals surface area contributed by atoms with Gasteiger partial charge in [0.1, 0.15) is 11.4 Å². The van der Waals surface area contributed by atoms with Gasteiger partial charge in [0.15, 0.2) is 0 Å². The number of hydrogen-bond acceptors (Lipinski definition) is 3. The van der Waals surface area contributed by atoms with E-state index in [1.54, 1.807) is 25.3 Å². The number of ether oxygens (including phenoxy) is 2. The quantitative estimate of drug-likeness (QED) is 0.615. The molecule has 16 heavy (non-hydrogen) atoms. The average molecular weight is 334 g/mol. The van der Waals surface area contributed by atoms with Crippen molar-refractivity contribution in [2.75, 3.05) is 7.11 Å². The van der Waals surface area contributed by atoms with E-state index in [1.807, 2.05) is 20.8 Å². The maximum absolute atomic E-state index is 11.8. The Hall–Kier alpha value is -0.780. The monoisotopic (exact) mass is 334 g/mol. The molecule has 1 rings (SSSR count). The number of carbonyl (C=O) groups is 1. The highest BCUT2D eigenvalue weighted by molar-refractivity contribution is 14.1. The van der Waals surface area contributed by atoms with Crippen molar-refractivity contribution >= 4 is 28.6 Å². The molecule has 0 saturated heterocycles. The third-order valence-corrected chi connectivity index (χ3v) is 2.69. The van der Waals surface area contributed by atoms with Crippen molar-refractivity contribution in [1.29, 1.82) is 0 Å². The molecule has 0 bridgehead atoms. The van der Waals surface area contributed by atoms with Gasteiger partial charge >= 0.3 is 5.97 Å². The zero-order chi connectivity index (χ0) is 12.3. The fraction of sp³-hybridized carbons (Fsp3) is 0.417. The molecule has 88 valence electrons. The summed E-state index contributed by atoms with van der Waals surface area (Å²) >= 11 is 2.10. The second kappa shape index (κ2) is 5.03. The van der Waals surface area contributed by atoms with E-state index in [1.165, 1.54) is 0 Å². The van der Waals surface area contributed by atoms with Crippen molar-refractivity contribution in [3.8, 4) is 5.75 Å². The van der Waals surface area contributed by atoms with Crippen molar-refractivity contribution in [2.24, 2.45) is 0 Å². The third-order valence-electron chi connectivity index (χ3n) is 1.80. The molecule has 0 unspecified atom stereocenters. The number of carbonyl (C=O) groups excluding carboxylic acids is 1. The van der Waals surface area contributed by atoms with E-state index in [9.17, 15) is 4.79 Å². The van der Waals surface area contributed by atoms with E-state index >= 15 is 0 Å². The molecule has 3 nitrogen and oxygen atoms in total. The Morgan fingerprint density at radius 1 is 1.31 bits per heavy atom. The molecule has 1 aromatic carbocycles. The lowest BCUT2D eigenvalue weighted by Gasteiger charge is -2.20. The molecule has 0 fully saturated rings. The van der Waals surface area contributed by atoms with Crippen LogP contribution in [-0.4, -0.2) is 18.7 Å². The van der Waals surface area contributed by atoms with E-state index in [0.717, 1.165) is 9.32 Å². The second-order valence-corrected chi connectivity index (χ2v) is 5.51. The average Bonchev–Trinajstić information content (AvgIpc) is 2.14. The second-order valence-electron chi connectivity index (χ2n) is 4.35. The Balaban J connectivity index is 2.93. The molecule has 0 spiro atoms. The predicted molar refractivity (Wildman–Crippen MR) is 70.9 cm³/mol. The van der Waals surface area contributed by atoms with Gasteiger partial charge < -0.3 is 9.47 Å². The Morgan fingerprint density at radius 2 is 1.94 bits per heavy atom. The summed E-state index contributed by atoms with van der Waals surface area (Å²) in [6.07, 6.45) is 0. The van der Waals surface area contributed by atoms with Crippen LogP contribution in [0.1, 0.15) is 31.1 Å². The molecule has 0 radical (unpaired) electrons. The molecule has 0 aliphatic rings. The van der Waals surface area contributed by atoms with Crippen molar-refractivity contribution in [3.05, 3.63) is 27.3 Å². The molecule has 0 N–H and O–H groups in total. The maximum Gasteiger partial charge on any atom is 0.339 e. The number of benzene rings is 1. The summed E-state index contributed by atoms with van der Waals surface area (Å²) in [5.41, 5.74) is 0.0939. The first-order valence-corrected chi connectivity index (χ1v) is 5.98. The molecule has 0 saturated carbocycles. The van der Waals surface area contributed by atoms with E-state index in [-0.39, 0.29) is 5.97 Å². The van der Waals surface area contributed by atoms with Crippen LogP contribution in [0.15, 0.2) is 18.2 Å². The van der Waals surface area contributed by atoms with Crippen LogP contribution in [0.4, 0.5) is 0 Å². The van der Waals surface area contributed by atoms with Gasteiger partial charge in [0.2, 0.25) is 0 Å². The Labute approximate surface area is 109 Å². The molecule has 0 aliphatic carbocycles. The van der Waals surface area contributed by atoms with Crippen LogP contribution in [0, 0.1) is 3.57 Å². The zero-order valence-corrected chi connectivity index (χ0v) is 12.0. The minimum Gasteiger partial charge on any atom is -0.497 e. The van der Waals surface area contributed by atoms with Gasteiger partial charge in [-0.1, -0.05) is 0 Å². The van der Waals surface area contributed by atoms with Crippen LogP contribution in [0.5, 0.6) is 5.75 Å². The van der Waals surface area contributed by atoms with Gasteiger partial charge in [-0.2, -0.15) is 0 Å². The minimum absolute atomic E-state index is 0.306. The summed E-state index contributed by atoms with van der Waals surface area (Å²) in [5.74, 6) is 0.427. The fourth-order valence-corrected chi connectivity index (χ4v) is 1.83. The molecule has 0 aromatic heterocycles. The van der Waals surface area contributed by atoms with Crippen molar-refractivity contribution in [2.45, 2.75) is 26.4 Å². The molecule has 1 aromatic rings. The first-order valence-electron chi connectivity index (χ1n) is 4.90. The SMILES string of the molecule is COc1ccc(C(=O)OC(C)(C)C)c(I)c1. The summed E-state index contributed by atoms with van der Waals surface area (Å²) in [7, 11) is 1.60. The Kier molecular flexibility index (Phi) is 4.18. The highest BCUT2D eigenvalue weighted by atomic mass is 127. The molecule has 0 amide bonds. The lowest BCUT2D eigenvalue weighted by Crippen LogP contribution is -2.24. The molecular formula is C12H15IO3. The summed E-state index contributed by atoms with van der Waals surface area (Å²) < 4.78 is 11.2. The lowest BCUT2D eigenvalue weighted by molar-refractivity contribution is 0.00683. The summed E-state index contributed by atoms with van der Waals surface area (Å²) in [6.45, 7) is 5.55. The normalized spacial score (nSPS) is 11.1. The number of esters is 1. The lowest BCUT2D eigenvalue weighted by atomic mass is 10.1. The van der Waals surface area contributed by atoms with Gasteiger partial charge in [-0.25, -0.2) is 4.79 Å². The largest absolute Gasteiger partial charge is 0.497 e. The molecule has 0 atom stereocenters. The zero-order valence-electron chi connectivity index (χ0n) is 9.83. The van der Waals surface area contributed by atoms with E-state index in [0.29, 0.717) is 5.56 Å². The van der Waals surface area contributed by atoms with Gasteiger partial charge in [0.05, 0.1) is 12.7 Å². The molecule has 0 heterocycles. The van der Waals surface area contributed by atoms with Crippen LogP contribution < -0.4 is 4.74 Å². The van der Waals surface area contributed by atoms with Crippen LogP contribution in [0.2, 0.25) is 0 Å². The smallest absolute Gasteiger partial charge is 0.339 e. The van der Waals surface area contributed by atoms with Crippen molar-refractivity contribution in [1.82, 2.24) is 0 Å². The van der Waals surface area contributed by atoms with Crippen LogP contribution >= 0.6 is 22.6 Å². The minimum atomic E-state index is -0.472. The summed E-state index contributed by atoms with van der Waals surface area (Å²) in [4.78, 5) is 11.8. The molecule has 4 heteroatoms. The fourth-order valence-electron chi connectivity index (χ4n) is 1.12. The van der Waals surface area contributed by atoms with E-state index < -0.39 is 5.60 Å². The van der Waals surface area contributed by atoms with Gasteiger partial charge in [-0.15, -0.1) is 0 Å². The first-order chi connectivity index (χ1) is 7.33. The van der Waals surface area contributed by atoms with Gasteiger partial charge in [0, 0.05) is 3.57 Å². The predicted octanol–water partition coefficient (Wildman–Crippen LogP) is 3.26. The van der Waals surface area contributed by atoms with Crippen molar-refractivity contribution < 1.29 is 14.3 Å². The van der Waals surface area contributed by atoms with E-state index in [2.05, 4.69) is 22.6 Å².